The number of aliphatic hydroxyl groups is 2. The van der Waals surface area contributed by atoms with Crippen molar-refractivity contribution in [1.82, 2.24) is 0 Å². The molecule has 2 N–H and O–H groups in total. The summed E-state index contributed by atoms with van der Waals surface area (Å²) in [4.78, 5) is 0. The summed E-state index contributed by atoms with van der Waals surface area (Å²) >= 11 is 0. The normalized spacial score (nSPS) is 7.50. The fourth-order valence-corrected chi connectivity index (χ4v) is 0. The van der Waals surface area contributed by atoms with Crippen LogP contribution >= 0.6 is 21.6 Å². The Labute approximate surface area is 58.1 Å². The van der Waals surface area contributed by atoms with Gasteiger partial charge < -0.3 is 10.2 Å². The summed E-state index contributed by atoms with van der Waals surface area (Å²) in [5, 5.41) is 15.2. The molecule has 0 saturated carbocycles. The molecule has 0 heterocycles. The van der Waals surface area contributed by atoms with Gasteiger partial charge in [-0.1, -0.05) is 21.6 Å². The van der Waals surface area contributed by atoms with Crippen molar-refractivity contribution in [1.29, 1.82) is 0 Å². The zero-order valence-corrected chi connectivity index (χ0v) is 6.76. The van der Waals surface area contributed by atoms with Crippen LogP contribution in [-0.2, 0) is 0 Å². The Hall–Kier alpha value is 0.620. The standard InChI is InChI=1S/C2H6O2.C2H6S2/c3-1-2-4;1-3-4-2/h3-4H,1-2H2;1-2H3. The minimum atomic E-state index is -0.125. The van der Waals surface area contributed by atoms with Crippen molar-refractivity contribution in [2.75, 3.05) is 25.7 Å². The average Bonchev–Trinajstić information content (AvgIpc) is 1.88. The van der Waals surface area contributed by atoms with Crippen molar-refractivity contribution < 1.29 is 10.2 Å². The number of hydrogen-bond donors (Lipinski definition) is 2. The molecule has 0 aromatic rings. The summed E-state index contributed by atoms with van der Waals surface area (Å²) in [6.07, 6.45) is 4.12. The van der Waals surface area contributed by atoms with Gasteiger partial charge >= 0.3 is 0 Å². The van der Waals surface area contributed by atoms with Crippen LogP contribution in [0.3, 0.4) is 0 Å². The molecule has 0 atom stereocenters. The smallest absolute Gasteiger partial charge is 0.0662 e. The molecule has 0 unspecified atom stereocenters. The van der Waals surface area contributed by atoms with Crippen LogP contribution < -0.4 is 0 Å². The second kappa shape index (κ2) is 15.6. The summed E-state index contributed by atoms with van der Waals surface area (Å²) in [6.45, 7) is -0.250. The first kappa shape index (κ1) is 11.4. The first-order valence-corrected chi connectivity index (χ1v) is 5.08. The molecule has 0 spiro atoms. The predicted molar refractivity (Wildman–Crippen MR) is 41.2 cm³/mol. The largest absolute Gasteiger partial charge is 0.394 e. The van der Waals surface area contributed by atoms with E-state index in [4.69, 9.17) is 10.2 Å². The highest BCUT2D eigenvalue weighted by molar-refractivity contribution is 8.76. The maximum Gasteiger partial charge on any atom is 0.0662 e. The Kier molecular flexibility index (Phi) is 22.3. The molecule has 0 aliphatic carbocycles. The highest BCUT2D eigenvalue weighted by Gasteiger charge is 1.58. The topological polar surface area (TPSA) is 40.5 Å². The molecule has 0 aliphatic heterocycles. The van der Waals surface area contributed by atoms with Crippen LogP contribution in [0.1, 0.15) is 0 Å². The second-order valence-electron chi connectivity index (χ2n) is 0.781. The van der Waals surface area contributed by atoms with Crippen molar-refractivity contribution in [2.45, 2.75) is 0 Å². The van der Waals surface area contributed by atoms with E-state index in [9.17, 15) is 0 Å². The molecule has 0 radical (unpaired) electrons. The monoisotopic (exact) mass is 156 g/mol. The maximum absolute atomic E-state index is 7.62. The van der Waals surface area contributed by atoms with Crippen LogP contribution in [0.25, 0.3) is 0 Å². The van der Waals surface area contributed by atoms with Gasteiger partial charge in [0.25, 0.3) is 0 Å². The van der Waals surface area contributed by atoms with Gasteiger partial charge in [-0.05, 0) is 12.5 Å². The van der Waals surface area contributed by atoms with Gasteiger partial charge in [-0.2, -0.15) is 0 Å². The van der Waals surface area contributed by atoms with Crippen LogP contribution in [0.2, 0.25) is 0 Å². The summed E-state index contributed by atoms with van der Waals surface area (Å²) in [5.41, 5.74) is 0. The third kappa shape index (κ3) is 30.5. The minimum Gasteiger partial charge on any atom is -0.394 e. The molecule has 0 amide bonds. The van der Waals surface area contributed by atoms with Gasteiger partial charge in [-0.15, -0.1) is 0 Å². The molecule has 2 nitrogen and oxygen atoms in total. The van der Waals surface area contributed by atoms with Gasteiger partial charge in [-0.25, -0.2) is 0 Å². The lowest BCUT2D eigenvalue weighted by atomic mass is 10.8. The molecule has 0 aromatic carbocycles. The summed E-state index contributed by atoms with van der Waals surface area (Å²) in [5.74, 6) is 0. The van der Waals surface area contributed by atoms with E-state index in [2.05, 4.69) is 12.5 Å². The van der Waals surface area contributed by atoms with Gasteiger partial charge in [0.1, 0.15) is 0 Å². The fraction of sp³-hybridized carbons (Fsp3) is 1.00. The summed E-state index contributed by atoms with van der Waals surface area (Å²) < 4.78 is 0. The molecule has 0 aromatic heterocycles. The van der Waals surface area contributed by atoms with Crippen LogP contribution in [0.15, 0.2) is 0 Å². The number of aliphatic hydroxyl groups excluding tert-OH is 2. The lowest BCUT2D eigenvalue weighted by Crippen LogP contribution is -1.85. The van der Waals surface area contributed by atoms with E-state index in [1.165, 1.54) is 0 Å². The lowest BCUT2D eigenvalue weighted by molar-refractivity contribution is 0.186. The van der Waals surface area contributed by atoms with E-state index in [-0.39, 0.29) is 13.2 Å². The van der Waals surface area contributed by atoms with E-state index in [0.29, 0.717) is 0 Å². The van der Waals surface area contributed by atoms with Crippen molar-refractivity contribution in [3.63, 3.8) is 0 Å². The molecule has 0 bridgehead atoms. The maximum atomic E-state index is 7.62. The Balaban J connectivity index is 0. The van der Waals surface area contributed by atoms with Crippen LogP contribution in [0, 0.1) is 0 Å². The van der Waals surface area contributed by atoms with E-state index in [1.54, 1.807) is 21.6 Å². The van der Waals surface area contributed by atoms with E-state index in [1.807, 2.05) is 0 Å². The SMILES string of the molecule is CSSC.OCCO. The molecule has 8 heavy (non-hydrogen) atoms. The predicted octanol–water partition coefficient (Wildman–Crippen LogP) is 0.598. The van der Waals surface area contributed by atoms with Gasteiger partial charge in [0.2, 0.25) is 0 Å². The quantitative estimate of drug-likeness (QED) is 0.574. The van der Waals surface area contributed by atoms with Crippen LogP contribution in [0.5, 0.6) is 0 Å². The van der Waals surface area contributed by atoms with Crippen molar-refractivity contribution in [3.05, 3.63) is 0 Å². The highest BCUT2D eigenvalue weighted by Crippen LogP contribution is 2.09. The summed E-state index contributed by atoms with van der Waals surface area (Å²) in [6, 6.07) is 0. The molecule has 0 saturated heterocycles. The van der Waals surface area contributed by atoms with Crippen LogP contribution in [-0.4, -0.2) is 35.9 Å². The van der Waals surface area contributed by atoms with E-state index >= 15 is 0 Å². The lowest BCUT2D eigenvalue weighted by Gasteiger charge is -1.70. The average molecular weight is 156 g/mol. The van der Waals surface area contributed by atoms with Gasteiger partial charge in [0.05, 0.1) is 13.2 Å². The first-order valence-electron chi connectivity index (χ1n) is 2.12. The van der Waals surface area contributed by atoms with Crippen molar-refractivity contribution in [3.8, 4) is 0 Å². The molecule has 0 fully saturated rings. The van der Waals surface area contributed by atoms with Gasteiger partial charge in [-0.3, -0.25) is 0 Å². The Bertz CT molecular complexity index is 20.0. The highest BCUT2D eigenvalue weighted by atomic mass is 33.1. The Morgan fingerprint density at radius 1 is 1.00 bits per heavy atom. The number of hydrogen-bond acceptors (Lipinski definition) is 4. The second-order valence-corrected chi connectivity index (χ2v) is 3.45. The number of rotatable bonds is 2. The van der Waals surface area contributed by atoms with E-state index in [0.717, 1.165) is 0 Å². The van der Waals surface area contributed by atoms with Gasteiger partial charge in [0, 0.05) is 0 Å². The minimum absolute atomic E-state index is 0.125. The van der Waals surface area contributed by atoms with Crippen molar-refractivity contribution in [2.24, 2.45) is 0 Å². The molecule has 4 heteroatoms. The fourth-order valence-electron chi connectivity index (χ4n) is 0. The first-order chi connectivity index (χ1) is 3.83. The molecule has 0 aliphatic rings. The third-order valence-electron chi connectivity index (χ3n) is 0.267. The zero-order chi connectivity index (χ0) is 6.83. The molecule has 0 rings (SSSR count). The van der Waals surface area contributed by atoms with E-state index < -0.39 is 0 Å². The Morgan fingerprint density at radius 3 is 1.25 bits per heavy atom. The zero-order valence-electron chi connectivity index (χ0n) is 5.13. The molecular formula is C4H12O2S2. The van der Waals surface area contributed by atoms with Gasteiger partial charge in [0.15, 0.2) is 0 Å². The molecule has 52 valence electrons. The molecular weight excluding hydrogens is 144 g/mol. The summed E-state index contributed by atoms with van der Waals surface area (Å²) in [7, 11) is 3.55. The van der Waals surface area contributed by atoms with Crippen LogP contribution in [0.4, 0.5) is 0 Å². The Morgan fingerprint density at radius 2 is 1.25 bits per heavy atom. The third-order valence-corrected chi connectivity index (χ3v) is 1.60. The van der Waals surface area contributed by atoms with Crippen molar-refractivity contribution >= 4 is 21.6 Å².